The predicted octanol–water partition coefficient (Wildman–Crippen LogP) is 10.9. The minimum atomic E-state index is -5.19. The number of carbonyl (C=O) groups is 7. The third-order valence-electron chi connectivity index (χ3n) is 16.1. The number of ketones is 3. The van der Waals surface area contributed by atoms with E-state index in [1.54, 1.807) is 26.2 Å². The number of alkyl halides is 3. The molecule has 8 atom stereocenters. The Balaban J connectivity index is 0. The van der Waals surface area contributed by atoms with Gasteiger partial charge in [0, 0.05) is 90.3 Å². The largest absolute Gasteiger partial charge is 0.679 e. The molecule has 0 aromatic heterocycles. The number of carboxylic acids is 1. The van der Waals surface area contributed by atoms with Gasteiger partial charge in [-0.25, -0.2) is 0 Å². The van der Waals surface area contributed by atoms with Gasteiger partial charge in [-0.15, -0.1) is 13.1 Å². The Morgan fingerprint density at radius 2 is 1.38 bits per heavy atom. The van der Waals surface area contributed by atoms with Crippen LogP contribution in [0.25, 0.3) is 16.8 Å². The fourth-order valence-electron chi connectivity index (χ4n) is 11.3. The van der Waals surface area contributed by atoms with Crippen molar-refractivity contribution >= 4 is 60.4 Å². The molecule has 0 spiro atoms. The van der Waals surface area contributed by atoms with Crippen LogP contribution in [0.5, 0.6) is 0 Å². The van der Waals surface area contributed by atoms with Gasteiger partial charge in [0.2, 0.25) is 17.7 Å². The molecule has 1 aromatic carbocycles. The molecule has 2 aliphatic rings. The SMILES string of the molecule is C.CC[C@H](C)[C@@H]([C@@H](CC(=O)N1CCC[C@H]1[C@H](OC)[C@@H](C)C(=O)C[C@@H](Cc1ccccc1)C(=O)NCCOCCOCCCC(=O)CCC1CC[N-]CC1)OC)N(C)C(=O)[C@@H](CC(=O)C(C(C)C)C(C)C)C(C)C.O=C([O-])C(F)(F)F.[I][Pt].[NH-]CC[NH-]. The topological polar surface area (TPSA) is 260 Å². The third-order valence-corrected chi connectivity index (χ3v) is 16.1. The van der Waals surface area contributed by atoms with E-state index >= 15 is 0 Å². The van der Waals surface area contributed by atoms with Gasteiger partial charge in [-0.2, -0.15) is 26.3 Å². The Labute approximate surface area is 535 Å². The van der Waals surface area contributed by atoms with Crippen LogP contribution in [-0.4, -0.2) is 168 Å². The van der Waals surface area contributed by atoms with Crippen LogP contribution in [0.2, 0.25) is 0 Å². The van der Waals surface area contributed by atoms with E-state index in [2.05, 4.69) is 87.7 Å². The first kappa shape index (κ1) is 85.1. The number of amides is 3. The number of likely N-dealkylation sites (tertiary alicyclic amines) is 1. The van der Waals surface area contributed by atoms with E-state index in [1.807, 2.05) is 56.0 Å². The zero-order valence-electron chi connectivity index (χ0n) is 52.7. The Bertz CT molecular complexity index is 2030. The standard InChI is InChI=1S/C58H97N4O10.C2HF3O2.C2H6N2.CH4.HI.Pt/c1-13-42(8)55(61(10)58(68)48(39(2)3)37-51(65)54(40(4)5)41(6)7)52(69-11)38-53(66)62-30-17-22-49(62)56(70-12)43(9)50(64)36-46(35-45-19-15-14-16-20-45)57(67)60-29-32-72-34-33-71-31-18-21-47(63)24-23-44-25-27-59-28-26-44;3-2(4,5)1(6)7;3-1-2-4;;;/h14-16,19-20,39-44,46,48-49,52,54-56H,13,17-18,21-38H2,1-12H3,(H,60,67);(H,6,7);3-4H,1-2H2;1H4;1H;/q-1;;-2;;;+1/p-2/t42-,43-,46+,48-,49-,52+,55-,56+;;;;;/m0...../s1. The Kier molecular flexibility index (Phi) is 47.4. The summed E-state index contributed by atoms with van der Waals surface area (Å²) in [6.07, 6.45) is 1.32. The molecule has 2 fully saturated rings. The molecule has 3 rings (SSSR count). The monoisotopic (exact) mass is 1520 g/mol. The Morgan fingerprint density at radius 3 is 1.88 bits per heavy atom. The van der Waals surface area contributed by atoms with Gasteiger partial charge in [-0.05, 0) is 67.3 Å². The first-order chi connectivity index (χ1) is 40.2. The minimum absolute atomic E-state index is 0. The average Bonchev–Trinajstić information content (AvgIpc) is 3.90. The molecular formula is C63H107F3IN6O12Pt-4. The quantitative estimate of drug-likeness (QED) is 0.0482. The van der Waals surface area contributed by atoms with Gasteiger partial charge in [0.15, 0.2) is 0 Å². The van der Waals surface area contributed by atoms with Gasteiger partial charge >= 0.3 is 41.7 Å². The molecule has 503 valence electrons. The van der Waals surface area contributed by atoms with Crippen molar-refractivity contribution in [2.24, 2.45) is 53.3 Å². The first-order valence-corrected chi connectivity index (χ1v) is 36.6. The fraction of sp³-hybridized carbons (Fsp3) is 0.794. The van der Waals surface area contributed by atoms with Gasteiger partial charge in [0.1, 0.15) is 23.3 Å². The summed E-state index contributed by atoms with van der Waals surface area (Å²) >= 11 is 4.23. The Morgan fingerprint density at radius 1 is 0.814 bits per heavy atom. The number of benzene rings is 1. The predicted molar refractivity (Wildman–Crippen MR) is 335 cm³/mol. The van der Waals surface area contributed by atoms with Crippen molar-refractivity contribution in [1.82, 2.24) is 15.1 Å². The van der Waals surface area contributed by atoms with Gasteiger partial charge in [-0.1, -0.05) is 119 Å². The van der Waals surface area contributed by atoms with E-state index in [0.29, 0.717) is 70.2 Å². The molecule has 0 saturated carbocycles. The van der Waals surface area contributed by atoms with Crippen LogP contribution < -0.4 is 10.4 Å². The molecular weight excluding hydrogens is 1410 g/mol. The number of nitrogens with one attached hydrogen (secondary N) is 3. The number of piperidine rings is 1. The van der Waals surface area contributed by atoms with E-state index < -0.39 is 48.1 Å². The van der Waals surface area contributed by atoms with Crippen LogP contribution in [0.3, 0.4) is 0 Å². The number of hydrogen-bond donors (Lipinski definition) is 1. The smallest absolute Gasteiger partial charge is 0.171 e. The fourth-order valence-corrected chi connectivity index (χ4v) is 11.3. The number of ether oxygens (including phenoxy) is 4. The van der Waals surface area contributed by atoms with Crippen molar-refractivity contribution in [3.8, 4) is 0 Å². The summed E-state index contributed by atoms with van der Waals surface area (Å²) < 4.78 is 55.2. The molecule has 2 aliphatic heterocycles. The van der Waals surface area contributed by atoms with Crippen molar-refractivity contribution in [1.29, 1.82) is 0 Å². The molecule has 2 heterocycles. The minimum Gasteiger partial charge on any atom is -0.679 e. The molecule has 3 N–H and O–H groups in total. The van der Waals surface area contributed by atoms with Crippen molar-refractivity contribution in [2.45, 2.75) is 184 Å². The second-order valence-electron chi connectivity index (χ2n) is 23.3. The first-order valence-electron chi connectivity index (χ1n) is 30.2. The van der Waals surface area contributed by atoms with E-state index in [9.17, 15) is 41.9 Å². The molecule has 0 bridgehead atoms. The van der Waals surface area contributed by atoms with Crippen LogP contribution in [0.4, 0.5) is 13.2 Å². The maximum absolute atomic E-state index is 14.5. The summed E-state index contributed by atoms with van der Waals surface area (Å²) in [5.74, 6) is -4.21. The number of likely N-dealkylation sites (N-methyl/N-ethyl adjacent to an activating group) is 1. The molecule has 86 heavy (non-hydrogen) atoms. The summed E-state index contributed by atoms with van der Waals surface area (Å²) in [6, 6.07) is 8.86. The van der Waals surface area contributed by atoms with Crippen molar-refractivity contribution < 1.29 is 86.9 Å². The van der Waals surface area contributed by atoms with Crippen LogP contribution in [0.15, 0.2) is 30.3 Å². The second-order valence-corrected chi connectivity index (χ2v) is 23.3. The van der Waals surface area contributed by atoms with E-state index in [0.717, 1.165) is 50.8 Å². The van der Waals surface area contributed by atoms with E-state index in [4.69, 9.17) is 40.3 Å². The van der Waals surface area contributed by atoms with Gasteiger partial charge in [0.25, 0.3) is 0 Å². The average molecular weight is 1520 g/mol. The van der Waals surface area contributed by atoms with Crippen molar-refractivity contribution in [3.05, 3.63) is 52.7 Å². The summed E-state index contributed by atoms with van der Waals surface area (Å²) in [4.78, 5) is 95.4. The zero-order chi connectivity index (χ0) is 64.8. The molecule has 1 aromatic rings. The van der Waals surface area contributed by atoms with Crippen molar-refractivity contribution in [3.63, 3.8) is 0 Å². The molecule has 0 unspecified atom stereocenters. The molecule has 23 heteroatoms. The van der Waals surface area contributed by atoms with Gasteiger partial charge < -0.3 is 60.7 Å². The Hall–Kier alpha value is -2.96. The number of aliphatic carboxylic acids is 1. The number of halogens is 4. The maximum Gasteiger partial charge on any atom is -0.171 e. The van der Waals surface area contributed by atoms with E-state index in [1.165, 1.54) is 0 Å². The number of nitrogens with zero attached hydrogens (tertiary/aromatic N) is 3. The number of hydrogen-bond acceptors (Lipinski definition) is 12. The summed E-state index contributed by atoms with van der Waals surface area (Å²) in [5.41, 5.74) is 13.5. The molecule has 0 aliphatic carbocycles. The molecule has 18 nitrogen and oxygen atoms in total. The number of rotatable bonds is 37. The van der Waals surface area contributed by atoms with Gasteiger partial charge in [-0.3, -0.25) is 28.8 Å². The molecule has 2 saturated heterocycles. The molecule has 0 radical (unpaired) electrons. The number of methoxy groups -OCH3 is 2. The van der Waals surface area contributed by atoms with Crippen LogP contribution >= 0.6 is 19.4 Å². The summed E-state index contributed by atoms with van der Waals surface area (Å²) in [7, 11) is 4.94. The zero-order valence-corrected chi connectivity index (χ0v) is 57.2. The van der Waals surface area contributed by atoms with Gasteiger partial charge in [0.05, 0.1) is 50.5 Å². The summed E-state index contributed by atoms with van der Waals surface area (Å²) in [6.45, 7) is 22.8. The van der Waals surface area contributed by atoms with Crippen LogP contribution in [-0.2, 0) is 75.1 Å². The summed E-state index contributed by atoms with van der Waals surface area (Å²) in [5, 5.41) is 16.2. The number of carbonyl (C=O) groups excluding carboxylic acids is 7. The maximum atomic E-state index is 14.5. The molecule has 3 amide bonds. The van der Waals surface area contributed by atoms with Crippen molar-refractivity contribution in [2.75, 3.05) is 87.0 Å². The van der Waals surface area contributed by atoms with Crippen LogP contribution in [0, 0.1) is 53.3 Å². The van der Waals surface area contributed by atoms with E-state index in [-0.39, 0.29) is 118 Å². The van der Waals surface area contributed by atoms with Crippen LogP contribution in [0.1, 0.15) is 152 Å². The third kappa shape index (κ3) is 32.7. The number of carboxylic acid groups (broad SMARTS) is 1. The normalized spacial score (nSPS) is 16.8. The number of Topliss-reactive ketones (excluding diaryl/α,β-unsaturated/α-hetero) is 3. The second kappa shape index (κ2) is 47.9.